The van der Waals surface area contributed by atoms with Crippen LogP contribution in [0.5, 0.6) is 17.2 Å². The smallest absolute Gasteiger partial charge is 0.180 e. The van der Waals surface area contributed by atoms with E-state index < -0.39 is 6.10 Å². The number of aliphatic hydroxyl groups is 1. The highest BCUT2D eigenvalue weighted by atomic mass is 35.5. The van der Waals surface area contributed by atoms with E-state index in [-0.39, 0.29) is 34.1 Å². The Morgan fingerprint density at radius 3 is 2.15 bits per heavy atom. The Morgan fingerprint density at radius 1 is 0.925 bits per heavy atom. The third kappa shape index (κ3) is 5.49. The van der Waals surface area contributed by atoms with E-state index in [0.29, 0.717) is 29.6 Å². The molecule has 0 bridgehead atoms. The summed E-state index contributed by atoms with van der Waals surface area (Å²) in [5, 5.41) is 23.6. The molecule has 0 radical (unpaired) electrons. The molecule has 0 aromatic heterocycles. The summed E-state index contributed by atoms with van der Waals surface area (Å²) in [6, 6.07) is 21.2. The van der Waals surface area contributed by atoms with Crippen molar-refractivity contribution in [3.8, 4) is 17.2 Å². The van der Waals surface area contributed by atoms with Crippen molar-refractivity contribution in [1.82, 2.24) is 0 Å². The normalized spacial score (nSPS) is 24.5. The van der Waals surface area contributed by atoms with Gasteiger partial charge in [0.2, 0.25) is 0 Å². The Bertz CT molecular complexity index is 1350. The minimum Gasteiger partial charge on any atom is -0.507 e. The van der Waals surface area contributed by atoms with E-state index in [9.17, 15) is 10.2 Å². The van der Waals surface area contributed by atoms with Crippen LogP contribution in [-0.4, -0.2) is 10.2 Å². The number of aromatic hydroxyl groups is 1. The number of phenols is 1. The molecule has 3 aromatic carbocycles. The summed E-state index contributed by atoms with van der Waals surface area (Å²) < 4.78 is 12.4. The zero-order valence-electron chi connectivity index (χ0n) is 24.0. The van der Waals surface area contributed by atoms with E-state index >= 15 is 0 Å². The van der Waals surface area contributed by atoms with Gasteiger partial charge in [0.1, 0.15) is 19.0 Å². The second-order valence-electron chi connectivity index (χ2n) is 12.5. The molecule has 5 rings (SSSR count). The Labute approximate surface area is 243 Å². The highest BCUT2D eigenvalue weighted by Crippen LogP contribution is 2.63. The van der Waals surface area contributed by atoms with Crippen molar-refractivity contribution in [2.45, 2.75) is 72.7 Å². The van der Waals surface area contributed by atoms with E-state index in [2.05, 4.69) is 33.8 Å². The summed E-state index contributed by atoms with van der Waals surface area (Å²) in [5.74, 6) is 0.849. The lowest BCUT2D eigenvalue weighted by Crippen LogP contribution is -2.50. The van der Waals surface area contributed by atoms with Crippen LogP contribution in [0.4, 0.5) is 0 Å². The largest absolute Gasteiger partial charge is 0.507 e. The molecule has 2 aliphatic rings. The fraction of sp³-hybridized carbons (Fsp3) is 0.429. The van der Waals surface area contributed by atoms with Gasteiger partial charge in [0, 0.05) is 17.5 Å². The summed E-state index contributed by atoms with van der Waals surface area (Å²) in [7, 11) is 0. The molecule has 0 amide bonds. The van der Waals surface area contributed by atoms with Gasteiger partial charge in [-0.05, 0) is 54.1 Å². The predicted molar refractivity (Wildman–Crippen MR) is 161 cm³/mol. The zero-order valence-corrected chi connectivity index (χ0v) is 24.7. The van der Waals surface area contributed by atoms with E-state index in [1.54, 1.807) is 6.07 Å². The highest BCUT2D eigenvalue weighted by molar-refractivity contribution is 6.33. The van der Waals surface area contributed by atoms with Crippen molar-refractivity contribution in [2.24, 2.45) is 22.7 Å². The van der Waals surface area contributed by atoms with Gasteiger partial charge in [-0.3, -0.25) is 0 Å². The monoisotopic (exact) mass is 560 g/mol. The summed E-state index contributed by atoms with van der Waals surface area (Å²) in [6.07, 6.45) is 5.63. The molecular weight excluding hydrogens is 520 g/mol. The van der Waals surface area contributed by atoms with Crippen molar-refractivity contribution in [2.75, 3.05) is 0 Å². The number of hydrogen-bond donors (Lipinski definition) is 2. The van der Waals surface area contributed by atoms with Crippen LogP contribution in [0.3, 0.4) is 0 Å². The number of benzene rings is 3. The zero-order chi connectivity index (χ0) is 28.5. The maximum atomic E-state index is 12.1. The average molecular weight is 561 g/mol. The molecule has 0 spiro atoms. The van der Waals surface area contributed by atoms with E-state index in [4.69, 9.17) is 21.1 Å². The first-order valence-corrected chi connectivity index (χ1v) is 14.7. The number of rotatable bonds is 8. The van der Waals surface area contributed by atoms with Gasteiger partial charge in [-0.1, -0.05) is 111 Å². The van der Waals surface area contributed by atoms with Crippen LogP contribution in [0.25, 0.3) is 0 Å². The molecule has 2 N–H and O–H groups in total. The molecule has 212 valence electrons. The number of fused-ring (bicyclic) bond motifs is 1. The van der Waals surface area contributed by atoms with E-state index in [0.717, 1.165) is 36.0 Å². The fourth-order valence-corrected chi connectivity index (χ4v) is 7.81. The molecule has 1 fully saturated rings. The molecule has 4 nitrogen and oxygen atoms in total. The molecule has 2 aliphatic carbocycles. The number of ether oxygens (including phenoxy) is 2. The number of hydrogen-bond acceptors (Lipinski definition) is 4. The fourth-order valence-electron chi connectivity index (χ4n) is 7.45. The second kappa shape index (κ2) is 11.5. The molecule has 5 heteroatoms. The molecule has 4 atom stereocenters. The van der Waals surface area contributed by atoms with Crippen molar-refractivity contribution < 1.29 is 19.7 Å². The van der Waals surface area contributed by atoms with Crippen molar-refractivity contribution >= 4 is 11.6 Å². The average Bonchev–Trinajstić information content (AvgIpc) is 2.91. The molecule has 0 saturated heterocycles. The molecule has 0 heterocycles. The highest BCUT2D eigenvalue weighted by Gasteiger charge is 2.54. The lowest BCUT2D eigenvalue weighted by molar-refractivity contribution is -0.0765. The maximum Gasteiger partial charge on any atom is 0.180 e. The second-order valence-corrected chi connectivity index (χ2v) is 12.9. The van der Waals surface area contributed by atoms with Gasteiger partial charge in [-0.2, -0.15) is 0 Å². The predicted octanol–water partition coefficient (Wildman–Crippen LogP) is 9.04. The SMILES string of the molecule is CC1=CC[C@H]2C(C)(C)CCC[C@]2(C)[C@H]1C(O)c1c(O)cc(OCc2ccccc2)c(OCc2ccccc2)c1Cl. The summed E-state index contributed by atoms with van der Waals surface area (Å²) in [5.41, 5.74) is 3.47. The first-order valence-electron chi connectivity index (χ1n) is 14.4. The van der Waals surface area contributed by atoms with Crippen molar-refractivity contribution in [3.63, 3.8) is 0 Å². The lowest BCUT2D eigenvalue weighted by Gasteiger charge is -2.57. The molecular formula is C35H41ClO4. The first kappa shape index (κ1) is 28.6. The Hall–Kier alpha value is -2.95. The molecule has 40 heavy (non-hydrogen) atoms. The summed E-state index contributed by atoms with van der Waals surface area (Å²) in [4.78, 5) is 0. The third-order valence-electron chi connectivity index (χ3n) is 9.43. The van der Waals surface area contributed by atoms with Crippen LogP contribution in [0.1, 0.15) is 76.2 Å². The van der Waals surface area contributed by atoms with Gasteiger partial charge in [0.15, 0.2) is 11.5 Å². The van der Waals surface area contributed by atoms with E-state index in [1.165, 1.54) is 6.42 Å². The van der Waals surface area contributed by atoms with Gasteiger partial charge in [0.05, 0.1) is 11.1 Å². The topological polar surface area (TPSA) is 58.9 Å². The number of phenolic OH excluding ortho intramolecular Hbond substituents is 1. The third-order valence-corrected chi connectivity index (χ3v) is 9.81. The van der Waals surface area contributed by atoms with Crippen LogP contribution < -0.4 is 9.47 Å². The Morgan fingerprint density at radius 2 is 1.52 bits per heavy atom. The van der Waals surface area contributed by atoms with Crippen LogP contribution in [0, 0.1) is 22.7 Å². The quantitative estimate of drug-likeness (QED) is 0.270. The van der Waals surface area contributed by atoms with Gasteiger partial charge in [-0.15, -0.1) is 0 Å². The maximum absolute atomic E-state index is 12.1. The molecule has 0 aliphatic heterocycles. The van der Waals surface area contributed by atoms with Crippen LogP contribution in [0.15, 0.2) is 78.4 Å². The van der Waals surface area contributed by atoms with Crippen molar-refractivity contribution in [3.05, 3.63) is 100 Å². The van der Waals surface area contributed by atoms with Gasteiger partial charge < -0.3 is 19.7 Å². The lowest BCUT2D eigenvalue weighted by atomic mass is 9.47. The van der Waals surface area contributed by atoms with Crippen LogP contribution >= 0.6 is 11.6 Å². The van der Waals surface area contributed by atoms with Crippen LogP contribution in [-0.2, 0) is 13.2 Å². The number of allylic oxidation sites excluding steroid dienone is 1. The Balaban J connectivity index is 1.53. The minimum absolute atomic E-state index is 0.0822. The van der Waals surface area contributed by atoms with Crippen LogP contribution in [0.2, 0.25) is 5.02 Å². The van der Waals surface area contributed by atoms with Gasteiger partial charge in [0.25, 0.3) is 0 Å². The Kier molecular flexibility index (Phi) is 8.22. The van der Waals surface area contributed by atoms with Gasteiger partial charge in [-0.25, -0.2) is 0 Å². The standard InChI is InChI=1S/C35H41ClO4/c1-23-16-17-28-34(2,3)18-11-19-35(28,4)30(23)32(38)29-26(37)20-27(39-21-24-12-7-5-8-13-24)33(31(29)36)40-22-25-14-9-6-10-15-25/h5-10,12-16,20,28,30,32,37-38H,11,17-19,21-22H2,1-4H3/t28-,30+,32?,35-/m0/s1. The summed E-state index contributed by atoms with van der Waals surface area (Å²) >= 11 is 7.06. The molecule has 1 unspecified atom stereocenters. The number of aliphatic hydroxyl groups excluding tert-OH is 1. The van der Waals surface area contributed by atoms with Crippen molar-refractivity contribution in [1.29, 1.82) is 0 Å². The van der Waals surface area contributed by atoms with Gasteiger partial charge >= 0.3 is 0 Å². The molecule has 3 aromatic rings. The summed E-state index contributed by atoms with van der Waals surface area (Å²) in [6.45, 7) is 9.69. The minimum atomic E-state index is -0.993. The number of halogens is 1. The molecule has 1 saturated carbocycles. The first-order chi connectivity index (χ1) is 19.1. The van der Waals surface area contributed by atoms with E-state index in [1.807, 2.05) is 60.7 Å².